The summed E-state index contributed by atoms with van der Waals surface area (Å²) in [5.41, 5.74) is 0. The number of allylic oxidation sites excluding steroid dienone is 2. The Bertz CT molecular complexity index is 234. The van der Waals surface area contributed by atoms with Gasteiger partial charge in [-0.05, 0) is 33.5 Å². The summed E-state index contributed by atoms with van der Waals surface area (Å²) in [4.78, 5) is 15.4. The Morgan fingerprint density at radius 1 is 1.12 bits per heavy atom. The molecule has 0 aliphatic heterocycles. The third kappa shape index (κ3) is 8.24. The van der Waals surface area contributed by atoms with Crippen LogP contribution in [-0.4, -0.2) is 49.9 Å². The SMILES string of the molecule is C=C/C=C\C(=O)N(C)CCCCCN(C)C. The van der Waals surface area contributed by atoms with E-state index >= 15 is 0 Å². The lowest BCUT2D eigenvalue weighted by Gasteiger charge is -2.15. The summed E-state index contributed by atoms with van der Waals surface area (Å²) in [6.07, 6.45) is 8.26. The van der Waals surface area contributed by atoms with Crippen molar-refractivity contribution in [2.75, 3.05) is 34.2 Å². The normalized spacial score (nSPS) is 11.0. The highest BCUT2D eigenvalue weighted by Gasteiger charge is 2.03. The van der Waals surface area contributed by atoms with Gasteiger partial charge in [-0.2, -0.15) is 0 Å². The Morgan fingerprint density at radius 2 is 1.75 bits per heavy atom. The highest BCUT2D eigenvalue weighted by Crippen LogP contribution is 1.99. The van der Waals surface area contributed by atoms with Gasteiger partial charge in [-0.1, -0.05) is 25.2 Å². The number of hydrogen-bond acceptors (Lipinski definition) is 2. The van der Waals surface area contributed by atoms with Crippen LogP contribution < -0.4 is 0 Å². The predicted octanol–water partition coefficient (Wildman–Crippen LogP) is 1.92. The van der Waals surface area contributed by atoms with Gasteiger partial charge in [-0.25, -0.2) is 0 Å². The molecule has 0 heterocycles. The second kappa shape index (κ2) is 9.16. The lowest BCUT2D eigenvalue weighted by Crippen LogP contribution is -2.25. The summed E-state index contributed by atoms with van der Waals surface area (Å²) in [6.45, 7) is 5.48. The van der Waals surface area contributed by atoms with Crippen molar-refractivity contribution in [2.45, 2.75) is 19.3 Å². The van der Waals surface area contributed by atoms with Gasteiger partial charge in [0.15, 0.2) is 0 Å². The molecule has 0 saturated heterocycles. The van der Waals surface area contributed by atoms with E-state index < -0.39 is 0 Å². The van der Waals surface area contributed by atoms with Crippen molar-refractivity contribution >= 4 is 5.91 Å². The summed E-state index contributed by atoms with van der Waals surface area (Å²) in [5.74, 6) is 0.0486. The monoisotopic (exact) mass is 224 g/mol. The minimum absolute atomic E-state index is 0.0486. The van der Waals surface area contributed by atoms with Crippen LogP contribution in [0.5, 0.6) is 0 Å². The van der Waals surface area contributed by atoms with Crippen LogP contribution in [0.4, 0.5) is 0 Å². The molecule has 0 fully saturated rings. The molecule has 0 aromatic carbocycles. The highest BCUT2D eigenvalue weighted by molar-refractivity contribution is 5.87. The van der Waals surface area contributed by atoms with Gasteiger partial charge >= 0.3 is 0 Å². The molecule has 0 N–H and O–H groups in total. The Labute approximate surface area is 99.4 Å². The summed E-state index contributed by atoms with van der Waals surface area (Å²) in [6, 6.07) is 0. The lowest BCUT2D eigenvalue weighted by molar-refractivity contribution is -0.124. The van der Waals surface area contributed by atoms with Gasteiger partial charge in [0.05, 0.1) is 0 Å². The van der Waals surface area contributed by atoms with E-state index in [0.717, 1.165) is 19.5 Å². The maximum atomic E-state index is 11.5. The summed E-state index contributed by atoms with van der Waals surface area (Å²) in [5, 5.41) is 0. The van der Waals surface area contributed by atoms with Crippen LogP contribution in [-0.2, 0) is 4.79 Å². The van der Waals surface area contributed by atoms with Crippen LogP contribution in [0.2, 0.25) is 0 Å². The molecule has 0 aromatic heterocycles. The number of likely N-dealkylation sites (N-methyl/N-ethyl adjacent to an activating group) is 1. The van der Waals surface area contributed by atoms with Crippen molar-refractivity contribution < 1.29 is 4.79 Å². The van der Waals surface area contributed by atoms with Crippen LogP contribution in [0.3, 0.4) is 0 Å². The lowest BCUT2D eigenvalue weighted by atomic mass is 10.2. The third-order valence-corrected chi connectivity index (χ3v) is 2.35. The van der Waals surface area contributed by atoms with Gasteiger partial charge in [0.1, 0.15) is 0 Å². The van der Waals surface area contributed by atoms with E-state index in [2.05, 4.69) is 25.6 Å². The topological polar surface area (TPSA) is 23.6 Å². The smallest absolute Gasteiger partial charge is 0.246 e. The minimum Gasteiger partial charge on any atom is -0.342 e. The average Bonchev–Trinajstić information content (AvgIpc) is 2.24. The number of nitrogens with zero attached hydrogens (tertiary/aromatic N) is 2. The molecule has 0 unspecified atom stereocenters. The van der Waals surface area contributed by atoms with Crippen molar-refractivity contribution in [2.24, 2.45) is 0 Å². The molecule has 0 saturated carbocycles. The molecule has 0 rings (SSSR count). The minimum atomic E-state index is 0.0486. The van der Waals surface area contributed by atoms with E-state index in [1.807, 2.05) is 7.05 Å². The second-order valence-electron chi connectivity index (χ2n) is 4.22. The standard InChI is InChI=1S/C13H24N2O/c1-5-6-10-13(16)15(4)12-9-7-8-11-14(2)3/h5-6,10H,1,7-9,11-12H2,2-4H3/b10-6-. The third-order valence-electron chi connectivity index (χ3n) is 2.35. The zero-order chi connectivity index (χ0) is 12.4. The molecular weight excluding hydrogens is 200 g/mol. The number of rotatable bonds is 8. The fourth-order valence-corrected chi connectivity index (χ4v) is 1.34. The Morgan fingerprint density at radius 3 is 2.31 bits per heavy atom. The summed E-state index contributed by atoms with van der Waals surface area (Å²) >= 11 is 0. The number of amides is 1. The van der Waals surface area contributed by atoms with Gasteiger partial charge in [0.2, 0.25) is 5.91 Å². The van der Waals surface area contributed by atoms with E-state index in [9.17, 15) is 4.79 Å². The molecule has 0 radical (unpaired) electrons. The predicted molar refractivity (Wildman–Crippen MR) is 69.4 cm³/mol. The van der Waals surface area contributed by atoms with Crippen molar-refractivity contribution in [1.29, 1.82) is 0 Å². The molecule has 16 heavy (non-hydrogen) atoms. The Kier molecular flexibility index (Phi) is 8.53. The Balaban J connectivity index is 3.57. The van der Waals surface area contributed by atoms with Crippen LogP contribution in [0.1, 0.15) is 19.3 Å². The van der Waals surface area contributed by atoms with Crippen molar-refractivity contribution in [3.63, 3.8) is 0 Å². The first-order chi connectivity index (χ1) is 7.57. The largest absolute Gasteiger partial charge is 0.342 e. The van der Waals surface area contributed by atoms with Crippen LogP contribution in [0.25, 0.3) is 0 Å². The van der Waals surface area contributed by atoms with E-state index in [-0.39, 0.29) is 5.91 Å². The van der Waals surface area contributed by atoms with Gasteiger partial charge in [-0.15, -0.1) is 0 Å². The average molecular weight is 224 g/mol. The molecule has 0 aliphatic rings. The molecule has 3 heteroatoms. The first-order valence-electron chi connectivity index (χ1n) is 5.77. The molecule has 1 amide bonds. The van der Waals surface area contributed by atoms with Crippen LogP contribution in [0.15, 0.2) is 24.8 Å². The van der Waals surface area contributed by atoms with Crippen molar-refractivity contribution in [3.8, 4) is 0 Å². The second-order valence-corrected chi connectivity index (χ2v) is 4.22. The molecule has 3 nitrogen and oxygen atoms in total. The number of hydrogen-bond donors (Lipinski definition) is 0. The molecular formula is C13H24N2O. The van der Waals surface area contributed by atoms with Gasteiger partial charge in [-0.3, -0.25) is 4.79 Å². The molecule has 0 aromatic rings. The van der Waals surface area contributed by atoms with E-state index in [1.54, 1.807) is 23.1 Å². The van der Waals surface area contributed by atoms with Crippen LogP contribution >= 0.6 is 0 Å². The van der Waals surface area contributed by atoms with E-state index in [0.29, 0.717) is 0 Å². The molecule has 0 bridgehead atoms. The fourth-order valence-electron chi connectivity index (χ4n) is 1.34. The number of unbranched alkanes of at least 4 members (excludes halogenated alkanes) is 2. The Hall–Kier alpha value is -1.09. The number of carbonyl (C=O) groups excluding carboxylic acids is 1. The molecule has 92 valence electrons. The van der Waals surface area contributed by atoms with Crippen LogP contribution in [0, 0.1) is 0 Å². The molecule has 0 aliphatic carbocycles. The van der Waals surface area contributed by atoms with Gasteiger partial charge in [0, 0.05) is 19.7 Å². The zero-order valence-corrected chi connectivity index (χ0v) is 10.8. The van der Waals surface area contributed by atoms with Crippen molar-refractivity contribution in [1.82, 2.24) is 9.80 Å². The maximum Gasteiger partial charge on any atom is 0.246 e. The molecule has 0 spiro atoms. The molecule has 0 atom stereocenters. The summed E-state index contributed by atoms with van der Waals surface area (Å²) in [7, 11) is 5.99. The van der Waals surface area contributed by atoms with E-state index in [1.165, 1.54) is 12.8 Å². The van der Waals surface area contributed by atoms with Gasteiger partial charge < -0.3 is 9.80 Å². The fraction of sp³-hybridized carbons (Fsp3) is 0.615. The first-order valence-corrected chi connectivity index (χ1v) is 5.77. The first kappa shape index (κ1) is 14.9. The van der Waals surface area contributed by atoms with Crippen molar-refractivity contribution in [3.05, 3.63) is 24.8 Å². The zero-order valence-electron chi connectivity index (χ0n) is 10.8. The quantitative estimate of drug-likeness (QED) is 0.357. The maximum absolute atomic E-state index is 11.5. The highest BCUT2D eigenvalue weighted by atomic mass is 16.2. The van der Waals surface area contributed by atoms with Gasteiger partial charge in [0.25, 0.3) is 0 Å². The summed E-state index contributed by atoms with van der Waals surface area (Å²) < 4.78 is 0. The van der Waals surface area contributed by atoms with E-state index in [4.69, 9.17) is 0 Å². The number of carbonyl (C=O) groups is 1.